The highest BCUT2D eigenvalue weighted by Crippen LogP contribution is 2.54. The van der Waals surface area contributed by atoms with Crippen molar-refractivity contribution in [3.05, 3.63) is 52.9 Å². The average molecular weight is 606 g/mol. The number of thiazole rings is 1. The summed E-state index contributed by atoms with van der Waals surface area (Å²) in [7, 11) is 1.57. The lowest BCUT2D eigenvalue weighted by Crippen LogP contribution is -2.72. The fraction of sp³-hybridized carbons (Fsp3) is 0.333. The van der Waals surface area contributed by atoms with E-state index in [0.29, 0.717) is 22.1 Å². The molecule has 43 heavy (non-hydrogen) atoms. The number of hydrogen-bond donors (Lipinski definition) is 5. The number of nitrogens with one attached hydrogen (secondary N) is 1. The molecule has 2 fully saturated rings. The number of anilines is 2. The zero-order valence-electron chi connectivity index (χ0n) is 22.9. The Morgan fingerprint density at radius 1 is 1.12 bits per heavy atom. The van der Waals surface area contributed by atoms with Crippen molar-refractivity contribution in [2.75, 3.05) is 12.4 Å². The van der Waals surface area contributed by atoms with Gasteiger partial charge < -0.3 is 31.1 Å². The van der Waals surface area contributed by atoms with Crippen molar-refractivity contribution in [1.82, 2.24) is 4.98 Å². The van der Waals surface area contributed by atoms with Gasteiger partial charge in [-0.05, 0) is 41.8 Å². The second-order valence-corrected chi connectivity index (χ2v) is 12.0. The van der Waals surface area contributed by atoms with Crippen LogP contribution in [-0.2, 0) is 19.2 Å². The number of rotatable bonds is 5. The molecule has 7 atom stereocenters. The molecule has 13 heteroatoms. The van der Waals surface area contributed by atoms with Crippen molar-refractivity contribution in [3.8, 4) is 22.8 Å². The number of Topliss-reactive ketones (excluding diaryl/α,β-unsaturated/α-hetero) is 4. The predicted octanol–water partition coefficient (Wildman–Crippen LogP) is 1.73. The van der Waals surface area contributed by atoms with E-state index in [2.05, 4.69) is 10.3 Å². The van der Waals surface area contributed by atoms with Gasteiger partial charge in [-0.25, -0.2) is 4.98 Å². The molecule has 1 aromatic heterocycles. The van der Waals surface area contributed by atoms with Crippen molar-refractivity contribution in [2.45, 2.75) is 31.0 Å². The van der Waals surface area contributed by atoms with Gasteiger partial charge in [-0.2, -0.15) is 0 Å². The summed E-state index contributed by atoms with van der Waals surface area (Å²) in [5, 5.41) is 39.2. The second-order valence-electron chi connectivity index (χ2n) is 11.1. The summed E-state index contributed by atoms with van der Waals surface area (Å²) in [6.07, 6.45) is -2.26. The normalized spacial score (nSPS) is 29.9. The first-order valence-corrected chi connectivity index (χ1v) is 14.4. The number of methoxy groups -OCH3 is 1. The van der Waals surface area contributed by atoms with Crippen LogP contribution in [0.4, 0.5) is 10.8 Å². The molecule has 2 saturated carbocycles. The van der Waals surface area contributed by atoms with Gasteiger partial charge in [0.05, 0.1) is 36.1 Å². The number of ketones is 4. The molecule has 12 nitrogen and oxygen atoms in total. The quantitative estimate of drug-likeness (QED) is 0.209. The number of carbonyl (C=O) groups is 5. The molecule has 222 valence electrons. The number of aliphatic hydroxyl groups excluding tert-OH is 1. The molecule has 6 N–H and O–H groups in total. The highest BCUT2D eigenvalue weighted by molar-refractivity contribution is 7.14. The van der Waals surface area contributed by atoms with Gasteiger partial charge in [0.2, 0.25) is 5.91 Å². The van der Waals surface area contributed by atoms with Crippen molar-refractivity contribution >= 4 is 51.2 Å². The first-order chi connectivity index (χ1) is 20.4. The summed E-state index contributed by atoms with van der Waals surface area (Å²) in [4.78, 5) is 69.8. The Labute approximate surface area is 248 Å². The fourth-order valence-corrected chi connectivity index (χ4v) is 7.53. The third-order valence-electron chi connectivity index (χ3n) is 8.99. The van der Waals surface area contributed by atoms with Crippen LogP contribution in [-0.4, -0.2) is 68.2 Å². The molecule has 0 aliphatic heterocycles. The summed E-state index contributed by atoms with van der Waals surface area (Å²) >= 11 is 1.26. The zero-order chi connectivity index (χ0) is 31.0. The number of nitrogens with zero attached hydrogens (tertiary/aromatic N) is 1. The molecule has 3 aliphatic carbocycles. The molecule has 1 heterocycles. The molecule has 0 bridgehead atoms. The summed E-state index contributed by atoms with van der Waals surface area (Å²) in [6, 6.07) is 10.4. The topological polar surface area (TPSA) is 206 Å². The Balaban J connectivity index is 1.35. The maximum absolute atomic E-state index is 13.9. The molecule has 2 unspecified atom stereocenters. The number of aromatic nitrogens is 1. The van der Waals surface area contributed by atoms with Gasteiger partial charge in [-0.1, -0.05) is 13.0 Å². The number of aliphatic hydroxyl groups is 2. The van der Waals surface area contributed by atoms with Crippen LogP contribution in [0.2, 0.25) is 0 Å². The molecule has 3 aromatic rings. The van der Waals surface area contributed by atoms with E-state index in [4.69, 9.17) is 10.5 Å². The van der Waals surface area contributed by atoms with Crippen LogP contribution in [0.3, 0.4) is 0 Å². The molecular formula is C30H27N3O9S. The summed E-state index contributed by atoms with van der Waals surface area (Å²) in [5.41, 5.74) is 4.03. The number of hydrogen-bond acceptors (Lipinski definition) is 12. The number of phenolic OH excluding ortho intramolecular Hbond substituents is 1. The van der Waals surface area contributed by atoms with Crippen LogP contribution in [0.25, 0.3) is 11.3 Å². The number of primary amides is 1. The number of carbonyl (C=O) groups excluding carboxylic acids is 5. The Bertz CT molecular complexity index is 1720. The van der Waals surface area contributed by atoms with Gasteiger partial charge in [0.25, 0.3) is 0 Å². The van der Waals surface area contributed by atoms with E-state index in [1.165, 1.54) is 11.3 Å². The van der Waals surface area contributed by atoms with E-state index in [9.17, 15) is 39.3 Å². The lowest BCUT2D eigenvalue weighted by Gasteiger charge is -2.52. The van der Waals surface area contributed by atoms with E-state index < -0.39 is 82.5 Å². The monoisotopic (exact) mass is 605 g/mol. The summed E-state index contributed by atoms with van der Waals surface area (Å²) in [6.45, 7) is 1.65. The SMILES string of the molecule is COc1ccc(-c2csc(Nc3ccc4c(c3O)C(=O)C3C(=O)[C@]5(O)C(=O)C(C(N)=O)C(=O)C[C@@H]5[C@@H](O)[C@@H]3[C@H]4C)n2)cc1. The van der Waals surface area contributed by atoms with Gasteiger partial charge in [0, 0.05) is 29.2 Å². The van der Waals surface area contributed by atoms with Crippen LogP contribution in [0.15, 0.2) is 41.8 Å². The van der Waals surface area contributed by atoms with E-state index in [1.54, 1.807) is 38.3 Å². The average Bonchev–Trinajstić information content (AvgIpc) is 3.44. The lowest BCUT2D eigenvalue weighted by atomic mass is 9.50. The summed E-state index contributed by atoms with van der Waals surface area (Å²) < 4.78 is 5.18. The van der Waals surface area contributed by atoms with Crippen molar-refractivity contribution < 1.29 is 44.0 Å². The van der Waals surface area contributed by atoms with E-state index in [0.717, 1.165) is 5.56 Å². The molecule has 0 radical (unpaired) electrons. The smallest absolute Gasteiger partial charge is 0.235 e. The van der Waals surface area contributed by atoms with Crippen molar-refractivity contribution in [2.24, 2.45) is 29.4 Å². The van der Waals surface area contributed by atoms with Gasteiger partial charge >= 0.3 is 0 Å². The minimum absolute atomic E-state index is 0.127. The zero-order valence-corrected chi connectivity index (χ0v) is 23.8. The molecule has 2 aromatic carbocycles. The Morgan fingerprint density at radius 2 is 1.81 bits per heavy atom. The molecule has 0 spiro atoms. The number of ether oxygens (including phenoxy) is 1. The molecule has 0 saturated heterocycles. The first kappa shape index (κ1) is 28.6. The van der Waals surface area contributed by atoms with Gasteiger partial charge in [0.15, 0.2) is 39.8 Å². The number of phenols is 1. The lowest BCUT2D eigenvalue weighted by molar-refractivity contribution is -0.189. The van der Waals surface area contributed by atoms with E-state index in [-0.39, 0.29) is 11.3 Å². The number of amides is 1. The van der Waals surface area contributed by atoms with Crippen LogP contribution in [0.1, 0.15) is 35.2 Å². The maximum Gasteiger partial charge on any atom is 0.235 e. The Morgan fingerprint density at radius 3 is 2.47 bits per heavy atom. The van der Waals surface area contributed by atoms with Gasteiger partial charge in [-0.3, -0.25) is 24.0 Å². The fourth-order valence-electron chi connectivity index (χ4n) is 6.80. The number of fused-ring (bicyclic) bond motifs is 3. The van der Waals surface area contributed by atoms with Crippen LogP contribution in [0, 0.1) is 23.7 Å². The number of aromatic hydroxyl groups is 1. The minimum atomic E-state index is -2.97. The molecular weight excluding hydrogens is 578 g/mol. The Kier molecular flexibility index (Phi) is 6.71. The highest BCUT2D eigenvalue weighted by Gasteiger charge is 2.69. The molecule has 6 rings (SSSR count). The molecule has 3 aliphatic rings. The summed E-state index contributed by atoms with van der Waals surface area (Å²) in [5.74, 6) is -12.7. The standard InChI is InChI=1S/C30H27N3O9S/c1-11-14-7-8-16(32-29-33-17(10-43-29)12-3-5-13(42-2)6-4-12)24(36)20(14)25(37)22-19(11)23(35)15-9-18(34)21(28(31)40)26(38)30(15,41)27(22)39/h3-8,10-11,15,19,21-23,35-36,41H,9H2,1-2H3,(H2,31,40)(H,32,33)/t11-,15+,19+,21?,22?,23+,30+/m0/s1. The Hall–Kier alpha value is -4.46. The first-order valence-electron chi connectivity index (χ1n) is 13.5. The van der Waals surface area contributed by atoms with E-state index >= 15 is 0 Å². The van der Waals surface area contributed by atoms with Crippen molar-refractivity contribution in [3.63, 3.8) is 0 Å². The van der Waals surface area contributed by atoms with Crippen LogP contribution in [0.5, 0.6) is 11.5 Å². The predicted molar refractivity (Wildman–Crippen MR) is 152 cm³/mol. The minimum Gasteiger partial charge on any atom is -0.505 e. The highest BCUT2D eigenvalue weighted by atomic mass is 32.1. The van der Waals surface area contributed by atoms with Gasteiger partial charge in [-0.15, -0.1) is 11.3 Å². The van der Waals surface area contributed by atoms with Crippen LogP contribution >= 0.6 is 11.3 Å². The van der Waals surface area contributed by atoms with Crippen molar-refractivity contribution in [1.29, 1.82) is 0 Å². The largest absolute Gasteiger partial charge is 0.505 e. The number of nitrogens with two attached hydrogens (primary N) is 1. The second kappa shape index (κ2) is 10.1. The third-order valence-corrected chi connectivity index (χ3v) is 9.75. The molecule has 1 amide bonds. The van der Waals surface area contributed by atoms with Gasteiger partial charge in [0.1, 0.15) is 11.5 Å². The van der Waals surface area contributed by atoms with Crippen LogP contribution < -0.4 is 15.8 Å². The van der Waals surface area contributed by atoms with E-state index in [1.807, 2.05) is 17.5 Å². The third kappa shape index (κ3) is 4.10. The maximum atomic E-state index is 13.9. The number of benzene rings is 2.